The van der Waals surface area contributed by atoms with Gasteiger partial charge in [-0.25, -0.2) is 0 Å². The number of nitrogens with one attached hydrogen (secondary N) is 1. The van der Waals surface area contributed by atoms with Crippen molar-refractivity contribution in [2.75, 3.05) is 26.7 Å². The van der Waals surface area contributed by atoms with Gasteiger partial charge in [-0.15, -0.1) is 10.2 Å². The number of hydrogen-bond donors (Lipinski definition) is 1. The quantitative estimate of drug-likeness (QED) is 0.448. The summed E-state index contributed by atoms with van der Waals surface area (Å²) in [6.07, 6.45) is 10.5. The summed E-state index contributed by atoms with van der Waals surface area (Å²) < 4.78 is 1.95. The van der Waals surface area contributed by atoms with E-state index in [9.17, 15) is 0 Å². The van der Waals surface area contributed by atoms with Gasteiger partial charge in [0.15, 0.2) is 0 Å². The van der Waals surface area contributed by atoms with Gasteiger partial charge in [0.1, 0.15) is 12.7 Å². The fraction of sp³-hybridized carbons (Fsp3) is 0.417. The third-order valence-corrected chi connectivity index (χ3v) is 7.31. The average Bonchev–Trinajstić information content (AvgIpc) is 3.56. The molecule has 1 aliphatic rings. The van der Waals surface area contributed by atoms with Crippen molar-refractivity contribution >= 4 is 22.2 Å². The van der Waals surface area contributed by atoms with Gasteiger partial charge in [0.05, 0.1) is 0 Å². The minimum absolute atomic E-state index is 0.709. The van der Waals surface area contributed by atoms with E-state index in [1.54, 1.807) is 24.0 Å². The molecule has 1 aliphatic heterocycles. The molecule has 4 heterocycles. The van der Waals surface area contributed by atoms with Crippen LogP contribution in [0.2, 0.25) is 0 Å². The van der Waals surface area contributed by atoms with Crippen LogP contribution in [0.3, 0.4) is 0 Å². The summed E-state index contributed by atoms with van der Waals surface area (Å²) in [5.74, 6) is 0. The Morgan fingerprint density at radius 3 is 2.77 bits per heavy atom. The van der Waals surface area contributed by atoms with Crippen LogP contribution in [-0.4, -0.2) is 62.3 Å². The zero-order valence-electron chi connectivity index (χ0n) is 18.1. The number of aromatic nitrogens is 4. The maximum Gasteiger partial charge on any atom is 0.123 e. The molecule has 1 fully saturated rings. The van der Waals surface area contributed by atoms with Crippen LogP contribution >= 0.6 is 11.3 Å². The van der Waals surface area contributed by atoms with Crippen LogP contribution < -0.4 is 0 Å². The molecule has 3 aromatic heterocycles. The zero-order valence-corrected chi connectivity index (χ0v) is 18.9. The number of benzene rings is 1. The van der Waals surface area contributed by atoms with E-state index in [2.05, 4.69) is 73.3 Å². The number of H-pyrrole nitrogens is 1. The SMILES string of the molecule is CN(Cc1ccsc1)C1CCN(CCCc2c[nH]c3ccc(-n4cnnc4)cc23)CC1. The molecule has 0 saturated carbocycles. The molecule has 162 valence electrons. The van der Waals surface area contributed by atoms with Crippen LogP contribution in [0.1, 0.15) is 30.4 Å². The Balaban J connectivity index is 1.12. The van der Waals surface area contributed by atoms with Crippen molar-refractivity contribution in [2.45, 2.75) is 38.3 Å². The van der Waals surface area contributed by atoms with Crippen LogP contribution in [0.4, 0.5) is 0 Å². The number of fused-ring (bicyclic) bond motifs is 1. The number of likely N-dealkylation sites (tertiary alicyclic amines) is 1. The third kappa shape index (κ3) is 4.74. The number of hydrogen-bond acceptors (Lipinski definition) is 5. The number of rotatable bonds is 8. The van der Waals surface area contributed by atoms with Gasteiger partial charge in [-0.1, -0.05) is 0 Å². The second-order valence-electron chi connectivity index (χ2n) is 8.64. The summed E-state index contributed by atoms with van der Waals surface area (Å²) in [6, 6.07) is 9.44. The van der Waals surface area contributed by atoms with Crippen LogP contribution in [0.25, 0.3) is 16.6 Å². The second-order valence-corrected chi connectivity index (χ2v) is 9.42. The average molecular weight is 435 g/mol. The predicted molar refractivity (Wildman–Crippen MR) is 127 cm³/mol. The minimum Gasteiger partial charge on any atom is -0.361 e. The van der Waals surface area contributed by atoms with Crippen molar-refractivity contribution in [3.05, 3.63) is 65.0 Å². The maximum atomic E-state index is 3.92. The lowest BCUT2D eigenvalue weighted by molar-refractivity contribution is 0.123. The van der Waals surface area contributed by atoms with Gasteiger partial charge in [0.2, 0.25) is 0 Å². The molecule has 4 aromatic rings. The van der Waals surface area contributed by atoms with Crippen molar-refractivity contribution in [3.63, 3.8) is 0 Å². The molecule has 0 aliphatic carbocycles. The fourth-order valence-electron chi connectivity index (χ4n) is 4.74. The van der Waals surface area contributed by atoms with Crippen molar-refractivity contribution in [1.82, 2.24) is 29.5 Å². The lowest BCUT2D eigenvalue weighted by Crippen LogP contribution is -2.43. The molecule has 0 radical (unpaired) electrons. The van der Waals surface area contributed by atoms with E-state index in [0.29, 0.717) is 6.04 Å². The van der Waals surface area contributed by atoms with E-state index in [1.807, 2.05) is 4.57 Å². The molecule has 1 N–H and O–H groups in total. The second kappa shape index (κ2) is 9.34. The highest BCUT2D eigenvalue weighted by atomic mass is 32.1. The van der Waals surface area contributed by atoms with Gasteiger partial charge in [-0.3, -0.25) is 9.47 Å². The maximum absolute atomic E-state index is 3.92. The van der Waals surface area contributed by atoms with Crippen LogP contribution in [0.5, 0.6) is 0 Å². The molecule has 0 spiro atoms. The first-order valence-electron chi connectivity index (χ1n) is 11.1. The Hall–Kier alpha value is -2.48. The summed E-state index contributed by atoms with van der Waals surface area (Å²) in [7, 11) is 2.28. The highest BCUT2D eigenvalue weighted by molar-refractivity contribution is 7.07. The Bertz CT molecular complexity index is 1080. The first kappa shape index (κ1) is 20.4. The van der Waals surface area contributed by atoms with E-state index in [4.69, 9.17) is 0 Å². The number of aryl methyl sites for hydroxylation is 1. The van der Waals surface area contributed by atoms with Gasteiger partial charge < -0.3 is 9.88 Å². The molecular formula is C24H30N6S. The van der Waals surface area contributed by atoms with E-state index in [-0.39, 0.29) is 0 Å². The van der Waals surface area contributed by atoms with E-state index in [1.165, 1.54) is 60.9 Å². The molecule has 1 saturated heterocycles. The highest BCUT2D eigenvalue weighted by Crippen LogP contribution is 2.24. The first-order valence-corrected chi connectivity index (χ1v) is 12.1. The largest absolute Gasteiger partial charge is 0.361 e. The van der Waals surface area contributed by atoms with E-state index in [0.717, 1.165) is 18.7 Å². The molecular weight excluding hydrogens is 404 g/mol. The molecule has 0 bridgehead atoms. The van der Waals surface area contributed by atoms with E-state index >= 15 is 0 Å². The Morgan fingerprint density at radius 1 is 1.16 bits per heavy atom. The normalized spacial score (nSPS) is 15.9. The summed E-state index contributed by atoms with van der Waals surface area (Å²) in [5, 5.41) is 13.6. The van der Waals surface area contributed by atoms with Crippen molar-refractivity contribution < 1.29 is 0 Å². The Labute approximate surface area is 187 Å². The standard InChI is InChI=1S/C24H30N6S/c1-28(15-19-8-12-31-16-19)21-6-10-29(11-7-21)9-2-3-20-14-25-24-5-4-22(13-23(20)24)30-17-26-27-18-30/h4-5,8,12-14,16-18,21,25H,2-3,6-7,9-11,15H2,1H3. The third-order valence-electron chi connectivity index (χ3n) is 6.58. The summed E-state index contributed by atoms with van der Waals surface area (Å²) in [6.45, 7) is 4.68. The smallest absolute Gasteiger partial charge is 0.123 e. The van der Waals surface area contributed by atoms with Gasteiger partial charge in [0.25, 0.3) is 0 Å². The van der Waals surface area contributed by atoms with Gasteiger partial charge in [-0.2, -0.15) is 11.3 Å². The van der Waals surface area contributed by atoms with Crippen LogP contribution in [0, 0.1) is 0 Å². The zero-order chi connectivity index (χ0) is 21.0. The number of nitrogens with zero attached hydrogens (tertiary/aromatic N) is 5. The summed E-state index contributed by atoms with van der Waals surface area (Å²) in [5.41, 5.74) is 5.14. The Kier molecular flexibility index (Phi) is 6.15. The Morgan fingerprint density at radius 2 is 2.00 bits per heavy atom. The van der Waals surface area contributed by atoms with Crippen molar-refractivity contribution in [2.24, 2.45) is 0 Å². The first-order chi connectivity index (χ1) is 15.3. The molecule has 0 atom stereocenters. The summed E-state index contributed by atoms with van der Waals surface area (Å²) in [4.78, 5) is 8.61. The van der Waals surface area contributed by atoms with Gasteiger partial charge >= 0.3 is 0 Å². The molecule has 7 heteroatoms. The lowest BCUT2D eigenvalue weighted by Gasteiger charge is -2.36. The van der Waals surface area contributed by atoms with Crippen LogP contribution in [0.15, 0.2) is 53.9 Å². The molecule has 0 unspecified atom stereocenters. The molecule has 0 amide bonds. The van der Waals surface area contributed by atoms with Gasteiger partial charge in [0, 0.05) is 35.4 Å². The lowest BCUT2D eigenvalue weighted by atomic mass is 10.0. The topological polar surface area (TPSA) is 53.0 Å². The highest BCUT2D eigenvalue weighted by Gasteiger charge is 2.22. The predicted octanol–water partition coefficient (Wildman–Crippen LogP) is 4.34. The molecule has 5 rings (SSSR count). The van der Waals surface area contributed by atoms with Crippen LogP contribution in [-0.2, 0) is 13.0 Å². The molecule has 1 aromatic carbocycles. The number of aromatic amines is 1. The molecule has 6 nitrogen and oxygen atoms in total. The van der Waals surface area contributed by atoms with Crippen molar-refractivity contribution in [1.29, 1.82) is 0 Å². The fourth-order valence-corrected chi connectivity index (χ4v) is 5.40. The summed E-state index contributed by atoms with van der Waals surface area (Å²) >= 11 is 1.79. The van der Waals surface area contributed by atoms with E-state index < -0.39 is 0 Å². The minimum atomic E-state index is 0.709. The number of piperidine rings is 1. The number of thiophene rings is 1. The monoisotopic (exact) mass is 434 g/mol. The van der Waals surface area contributed by atoms with Crippen molar-refractivity contribution in [3.8, 4) is 5.69 Å². The van der Waals surface area contributed by atoms with Gasteiger partial charge in [-0.05, 0) is 98.5 Å². The molecule has 31 heavy (non-hydrogen) atoms.